The van der Waals surface area contributed by atoms with Crippen LogP contribution in [-0.4, -0.2) is 46.3 Å². The lowest BCUT2D eigenvalue weighted by molar-refractivity contribution is -0.188. The van der Waals surface area contributed by atoms with Crippen molar-refractivity contribution in [2.45, 2.75) is 55.9 Å². The number of rotatable bonds is 0. The van der Waals surface area contributed by atoms with Crippen molar-refractivity contribution in [3.05, 3.63) is 11.6 Å². The summed E-state index contributed by atoms with van der Waals surface area (Å²) in [6, 6.07) is 0.527. The Morgan fingerprint density at radius 3 is 3.24 bits per heavy atom. The predicted octanol–water partition coefficient (Wildman–Crippen LogP) is 0.600. The molecule has 92 valence electrons. The third kappa shape index (κ3) is 1.13. The van der Waals surface area contributed by atoms with E-state index in [-0.39, 0.29) is 18.1 Å². The molecule has 3 saturated heterocycles. The van der Waals surface area contributed by atoms with Gasteiger partial charge in [-0.25, -0.2) is 4.79 Å². The monoisotopic (exact) mass is 235 g/mol. The van der Waals surface area contributed by atoms with Crippen LogP contribution in [0, 0.1) is 0 Å². The predicted molar refractivity (Wildman–Crippen MR) is 60.3 cm³/mol. The minimum Gasteiger partial charge on any atom is -0.450 e. The normalized spacial score (nSPS) is 48.4. The number of esters is 1. The first-order valence-corrected chi connectivity index (χ1v) is 6.58. The van der Waals surface area contributed by atoms with Gasteiger partial charge in [-0.2, -0.15) is 0 Å². The molecule has 0 radical (unpaired) electrons. The fourth-order valence-electron chi connectivity index (χ4n) is 4.36. The molecule has 4 heterocycles. The van der Waals surface area contributed by atoms with Gasteiger partial charge in [-0.1, -0.05) is 6.42 Å². The van der Waals surface area contributed by atoms with E-state index in [2.05, 4.69) is 4.90 Å². The number of carbonyl (C=O) groups excluding carboxylic acids is 1. The van der Waals surface area contributed by atoms with E-state index in [1.807, 2.05) is 0 Å². The third-order valence-electron chi connectivity index (χ3n) is 5.01. The first-order valence-electron chi connectivity index (χ1n) is 6.58. The molecule has 4 atom stereocenters. The molecule has 0 aromatic rings. The molecule has 2 bridgehead atoms. The number of hydrogen-bond acceptors (Lipinski definition) is 4. The summed E-state index contributed by atoms with van der Waals surface area (Å²) in [6.07, 6.45) is 6.24. The van der Waals surface area contributed by atoms with Gasteiger partial charge in [0.2, 0.25) is 0 Å². The summed E-state index contributed by atoms with van der Waals surface area (Å²) in [6.45, 7) is 1.04. The van der Waals surface area contributed by atoms with Gasteiger partial charge in [-0.3, -0.25) is 4.90 Å². The topological polar surface area (TPSA) is 49.8 Å². The van der Waals surface area contributed by atoms with E-state index < -0.39 is 5.60 Å². The lowest BCUT2D eigenvalue weighted by atomic mass is 9.64. The van der Waals surface area contributed by atoms with E-state index in [0.29, 0.717) is 12.5 Å². The first-order chi connectivity index (χ1) is 8.21. The molecule has 2 unspecified atom stereocenters. The highest BCUT2D eigenvalue weighted by Gasteiger charge is 2.62. The molecular formula is C13H17NO3. The molecule has 4 aliphatic heterocycles. The Morgan fingerprint density at radius 1 is 1.47 bits per heavy atom. The third-order valence-corrected chi connectivity index (χ3v) is 5.01. The van der Waals surface area contributed by atoms with Crippen LogP contribution in [0.4, 0.5) is 0 Å². The fraction of sp³-hybridized carbons (Fsp3) is 0.769. The number of carbonyl (C=O) groups is 1. The van der Waals surface area contributed by atoms with Crippen molar-refractivity contribution in [3.8, 4) is 0 Å². The van der Waals surface area contributed by atoms with E-state index >= 15 is 0 Å². The Bertz CT molecular complexity index is 419. The number of piperidine rings is 3. The van der Waals surface area contributed by atoms with Crippen molar-refractivity contribution in [1.82, 2.24) is 4.90 Å². The van der Waals surface area contributed by atoms with Crippen LogP contribution >= 0.6 is 0 Å². The molecule has 4 fully saturated rings. The van der Waals surface area contributed by atoms with Crippen LogP contribution < -0.4 is 0 Å². The summed E-state index contributed by atoms with van der Waals surface area (Å²) in [5.74, 6) is -0.208. The van der Waals surface area contributed by atoms with Gasteiger partial charge >= 0.3 is 5.97 Å². The molecular weight excluding hydrogens is 218 g/mol. The molecule has 0 aromatic heterocycles. The number of ether oxygens (including phenoxy) is 1. The van der Waals surface area contributed by atoms with Gasteiger partial charge in [-0.15, -0.1) is 0 Å². The minimum absolute atomic E-state index is 0.208. The molecule has 4 heteroatoms. The van der Waals surface area contributed by atoms with Crippen molar-refractivity contribution in [3.63, 3.8) is 0 Å². The lowest BCUT2D eigenvalue weighted by Gasteiger charge is -2.60. The smallest absolute Gasteiger partial charge is 0.331 e. The molecule has 1 aliphatic carbocycles. The highest BCUT2D eigenvalue weighted by atomic mass is 16.6. The molecule has 17 heavy (non-hydrogen) atoms. The maximum atomic E-state index is 11.6. The second-order valence-electron chi connectivity index (χ2n) is 5.77. The summed E-state index contributed by atoms with van der Waals surface area (Å²) >= 11 is 0. The van der Waals surface area contributed by atoms with Gasteiger partial charge in [0, 0.05) is 18.5 Å². The van der Waals surface area contributed by atoms with Crippen LogP contribution in [0.2, 0.25) is 0 Å². The van der Waals surface area contributed by atoms with E-state index in [0.717, 1.165) is 25.0 Å². The first kappa shape index (κ1) is 10.1. The number of aliphatic hydroxyl groups excluding tert-OH is 1. The quantitative estimate of drug-likeness (QED) is 0.625. The van der Waals surface area contributed by atoms with Gasteiger partial charge in [0.25, 0.3) is 0 Å². The molecule has 0 amide bonds. The molecule has 4 nitrogen and oxygen atoms in total. The van der Waals surface area contributed by atoms with Gasteiger partial charge in [0.1, 0.15) is 0 Å². The summed E-state index contributed by atoms with van der Waals surface area (Å²) in [5.41, 5.74) is 0.659. The second kappa shape index (κ2) is 3.12. The van der Waals surface area contributed by atoms with E-state index in [1.54, 1.807) is 6.08 Å². The standard InChI is InChI=1S/C13H17NO3/c15-10-7-13-8(6-12(16)17-13)5-9(10)14-4-2-1-3-11(13)14/h6,9-11,15H,1-5,7H2/t9?,10?,11-,13-/m1/s1. The highest BCUT2D eigenvalue weighted by molar-refractivity contribution is 5.87. The maximum absolute atomic E-state index is 11.6. The van der Waals surface area contributed by atoms with Crippen LogP contribution in [0.15, 0.2) is 11.6 Å². The van der Waals surface area contributed by atoms with Gasteiger partial charge < -0.3 is 9.84 Å². The molecule has 1 N–H and O–H groups in total. The SMILES string of the molecule is O=C1C=C2CC3C(O)C[C@]2(O1)[C@H]1CCCCN31. The Hall–Kier alpha value is -0.870. The zero-order chi connectivity index (χ0) is 11.6. The zero-order valence-electron chi connectivity index (χ0n) is 9.76. The minimum atomic E-state index is -0.480. The zero-order valence-corrected chi connectivity index (χ0v) is 9.76. The average Bonchev–Trinajstić information content (AvgIpc) is 2.64. The van der Waals surface area contributed by atoms with Crippen molar-refractivity contribution in [2.24, 2.45) is 0 Å². The molecule has 5 rings (SSSR count). The van der Waals surface area contributed by atoms with Gasteiger partial charge in [-0.05, 0) is 31.4 Å². The highest BCUT2D eigenvalue weighted by Crippen LogP contribution is 2.53. The van der Waals surface area contributed by atoms with E-state index in [1.165, 1.54) is 12.8 Å². The summed E-state index contributed by atoms with van der Waals surface area (Å²) in [4.78, 5) is 14.0. The molecule has 0 aromatic carbocycles. The van der Waals surface area contributed by atoms with Crippen molar-refractivity contribution in [2.75, 3.05) is 6.54 Å². The molecule has 1 saturated carbocycles. The Kier molecular flexibility index (Phi) is 1.85. The van der Waals surface area contributed by atoms with Crippen LogP contribution in [0.1, 0.15) is 32.1 Å². The van der Waals surface area contributed by atoms with Gasteiger partial charge in [0.15, 0.2) is 5.60 Å². The summed E-state index contributed by atoms with van der Waals surface area (Å²) in [7, 11) is 0. The average molecular weight is 235 g/mol. The second-order valence-corrected chi connectivity index (χ2v) is 5.77. The number of aliphatic hydroxyl groups is 1. The number of hydrogen-bond donors (Lipinski definition) is 1. The number of fused-ring (bicyclic) bond motifs is 1. The van der Waals surface area contributed by atoms with Crippen LogP contribution in [-0.2, 0) is 9.53 Å². The summed E-state index contributed by atoms with van der Waals surface area (Å²) in [5, 5.41) is 10.2. The fourth-order valence-corrected chi connectivity index (χ4v) is 4.36. The van der Waals surface area contributed by atoms with Crippen molar-refractivity contribution < 1.29 is 14.6 Å². The van der Waals surface area contributed by atoms with Crippen molar-refractivity contribution in [1.29, 1.82) is 0 Å². The van der Waals surface area contributed by atoms with Crippen LogP contribution in [0.25, 0.3) is 0 Å². The summed E-state index contributed by atoms with van der Waals surface area (Å²) < 4.78 is 5.65. The Labute approximate surface area is 100 Å². The molecule has 1 spiro atoms. The molecule has 5 aliphatic rings. The van der Waals surface area contributed by atoms with Crippen molar-refractivity contribution >= 4 is 5.97 Å². The van der Waals surface area contributed by atoms with Crippen LogP contribution in [0.5, 0.6) is 0 Å². The van der Waals surface area contributed by atoms with E-state index in [9.17, 15) is 9.90 Å². The Balaban J connectivity index is 1.82. The Morgan fingerprint density at radius 2 is 2.35 bits per heavy atom. The van der Waals surface area contributed by atoms with Crippen LogP contribution in [0.3, 0.4) is 0 Å². The lowest BCUT2D eigenvalue weighted by Crippen LogP contribution is -2.71. The van der Waals surface area contributed by atoms with E-state index in [4.69, 9.17) is 4.74 Å². The largest absolute Gasteiger partial charge is 0.450 e. The maximum Gasteiger partial charge on any atom is 0.331 e. The van der Waals surface area contributed by atoms with Gasteiger partial charge in [0.05, 0.1) is 12.1 Å². The number of nitrogens with zero attached hydrogens (tertiary/aromatic N) is 1.